The highest BCUT2D eigenvalue weighted by molar-refractivity contribution is 8.00. The first-order chi connectivity index (χ1) is 13.0. The fourth-order valence-electron chi connectivity index (χ4n) is 3.49. The number of thioether (sulfide) groups is 1. The lowest BCUT2D eigenvalue weighted by atomic mass is 10.0. The van der Waals surface area contributed by atoms with Gasteiger partial charge in [-0.05, 0) is 31.9 Å². The average Bonchev–Trinajstić information content (AvgIpc) is 3.18. The van der Waals surface area contributed by atoms with Crippen molar-refractivity contribution in [1.29, 1.82) is 0 Å². The van der Waals surface area contributed by atoms with Crippen molar-refractivity contribution in [3.8, 4) is 17.2 Å². The monoisotopic (exact) mass is 395 g/mol. The molecule has 6 N–H and O–H groups in total. The van der Waals surface area contributed by atoms with E-state index in [0.717, 1.165) is 18.6 Å². The van der Waals surface area contributed by atoms with E-state index < -0.39 is 11.7 Å². The van der Waals surface area contributed by atoms with Gasteiger partial charge in [-0.3, -0.25) is 4.79 Å². The molecule has 2 heterocycles. The molecule has 0 aliphatic carbocycles. The van der Waals surface area contributed by atoms with Crippen LogP contribution >= 0.6 is 11.8 Å². The molecule has 0 unspecified atom stereocenters. The number of aromatic hydroxyl groups is 2. The fourth-order valence-corrected chi connectivity index (χ4v) is 5.04. The normalized spacial score (nSPS) is 23.6. The smallest absolute Gasteiger partial charge is 0.315 e. The molecule has 3 atom stereocenters. The summed E-state index contributed by atoms with van der Waals surface area (Å²) in [5.74, 6) is -0.330. The number of rotatable bonds is 8. The summed E-state index contributed by atoms with van der Waals surface area (Å²) in [4.78, 5) is 23.5. The second-order valence-corrected chi connectivity index (χ2v) is 8.07. The number of nitrogens with two attached hydrogens (primary N) is 1. The SMILES string of the molecule is NCCc1ccc(O)c(O)c1OC(=O)CCCC[C@@H]1SC[C@@H]2NC(=O)N[C@@H]21. The van der Waals surface area contributed by atoms with Crippen molar-refractivity contribution < 1.29 is 24.5 Å². The van der Waals surface area contributed by atoms with Gasteiger partial charge in [0.2, 0.25) is 5.75 Å². The van der Waals surface area contributed by atoms with Crippen LogP contribution in [0.15, 0.2) is 12.1 Å². The standard InChI is InChI=1S/C18H25N3O5S/c19-8-7-10-5-6-12(22)16(24)17(10)26-14(23)4-2-1-3-13-15-11(9-27-13)20-18(25)21-15/h5-6,11,13,15,22,24H,1-4,7-9,19H2,(H2,20,21,25)/t11-,13-,15-/m0/s1. The van der Waals surface area contributed by atoms with Crippen LogP contribution in [-0.4, -0.2) is 51.8 Å². The number of benzene rings is 1. The molecular weight excluding hydrogens is 370 g/mol. The average molecular weight is 395 g/mol. The van der Waals surface area contributed by atoms with Crippen LogP contribution in [0.5, 0.6) is 17.2 Å². The molecule has 148 valence electrons. The Bertz CT molecular complexity index is 714. The maximum Gasteiger partial charge on any atom is 0.315 e. The summed E-state index contributed by atoms with van der Waals surface area (Å²) in [6.07, 6.45) is 3.05. The van der Waals surface area contributed by atoms with Crippen LogP contribution < -0.4 is 21.1 Å². The topological polar surface area (TPSA) is 134 Å². The zero-order chi connectivity index (χ0) is 19.4. The number of phenolic OH excluding ortho intramolecular Hbond substituents is 2. The molecule has 2 amide bonds. The molecule has 0 saturated carbocycles. The summed E-state index contributed by atoms with van der Waals surface area (Å²) in [6.45, 7) is 0.335. The highest BCUT2D eigenvalue weighted by Gasteiger charge is 2.42. The van der Waals surface area contributed by atoms with Crippen LogP contribution in [0.1, 0.15) is 31.2 Å². The lowest BCUT2D eigenvalue weighted by Crippen LogP contribution is -2.36. The number of hydrogen-bond donors (Lipinski definition) is 5. The van der Waals surface area contributed by atoms with Crippen molar-refractivity contribution in [1.82, 2.24) is 10.6 Å². The zero-order valence-corrected chi connectivity index (χ0v) is 15.8. The van der Waals surface area contributed by atoms with Gasteiger partial charge in [0, 0.05) is 23.0 Å². The van der Waals surface area contributed by atoms with Crippen LogP contribution in [-0.2, 0) is 11.2 Å². The third kappa shape index (κ3) is 4.59. The summed E-state index contributed by atoms with van der Waals surface area (Å²) >= 11 is 1.84. The lowest BCUT2D eigenvalue weighted by Gasteiger charge is -2.16. The molecule has 0 bridgehead atoms. The van der Waals surface area contributed by atoms with E-state index >= 15 is 0 Å². The van der Waals surface area contributed by atoms with Gasteiger partial charge < -0.3 is 31.3 Å². The van der Waals surface area contributed by atoms with Crippen molar-refractivity contribution in [2.45, 2.75) is 49.4 Å². The van der Waals surface area contributed by atoms with Gasteiger partial charge in [0.25, 0.3) is 0 Å². The molecule has 0 radical (unpaired) electrons. The summed E-state index contributed by atoms with van der Waals surface area (Å²) in [6, 6.07) is 3.20. The van der Waals surface area contributed by atoms with E-state index in [1.165, 1.54) is 6.07 Å². The second-order valence-electron chi connectivity index (χ2n) is 6.80. The van der Waals surface area contributed by atoms with Crippen LogP contribution in [0.3, 0.4) is 0 Å². The van der Waals surface area contributed by atoms with Crippen LogP contribution in [0.4, 0.5) is 4.79 Å². The van der Waals surface area contributed by atoms with Crippen molar-refractivity contribution >= 4 is 23.8 Å². The molecule has 9 heteroatoms. The number of amides is 2. The number of ether oxygens (including phenoxy) is 1. The third-order valence-electron chi connectivity index (χ3n) is 4.88. The number of urea groups is 1. The number of unbranched alkanes of at least 4 members (excludes halogenated alkanes) is 1. The van der Waals surface area contributed by atoms with E-state index in [0.29, 0.717) is 30.2 Å². The van der Waals surface area contributed by atoms with Gasteiger partial charge in [0.05, 0.1) is 12.1 Å². The number of carbonyl (C=O) groups is 2. The number of hydrogen-bond acceptors (Lipinski definition) is 7. The minimum atomic E-state index is -0.457. The van der Waals surface area contributed by atoms with Gasteiger partial charge in [-0.25, -0.2) is 4.79 Å². The lowest BCUT2D eigenvalue weighted by molar-refractivity contribution is -0.134. The molecule has 27 heavy (non-hydrogen) atoms. The van der Waals surface area contributed by atoms with Crippen LogP contribution in [0.2, 0.25) is 0 Å². The largest absolute Gasteiger partial charge is 0.504 e. The molecule has 3 rings (SSSR count). The Morgan fingerprint density at radius 1 is 1.30 bits per heavy atom. The molecule has 2 aliphatic rings. The highest BCUT2D eigenvalue weighted by Crippen LogP contribution is 2.39. The molecule has 2 saturated heterocycles. The van der Waals surface area contributed by atoms with Gasteiger partial charge in [0.1, 0.15) is 0 Å². The first-order valence-electron chi connectivity index (χ1n) is 9.12. The van der Waals surface area contributed by atoms with E-state index in [4.69, 9.17) is 10.5 Å². The van der Waals surface area contributed by atoms with Gasteiger partial charge in [0.15, 0.2) is 11.5 Å². The van der Waals surface area contributed by atoms with Crippen LogP contribution in [0.25, 0.3) is 0 Å². The highest BCUT2D eigenvalue weighted by atomic mass is 32.2. The predicted octanol–water partition coefficient (Wildman–Crippen LogP) is 1.23. The minimum Gasteiger partial charge on any atom is -0.504 e. The zero-order valence-electron chi connectivity index (χ0n) is 14.9. The van der Waals surface area contributed by atoms with Crippen molar-refractivity contribution in [3.63, 3.8) is 0 Å². The van der Waals surface area contributed by atoms with Gasteiger partial charge >= 0.3 is 12.0 Å². The van der Waals surface area contributed by atoms with Crippen molar-refractivity contribution in [2.24, 2.45) is 5.73 Å². The number of esters is 1. The Balaban J connectivity index is 1.45. The molecule has 2 aliphatic heterocycles. The Morgan fingerprint density at radius 2 is 2.11 bits per heavy atom. The summed E-state index contributed by atoms with van der Waals surface area (Å²) < 4.78 is 5.29. The van der Waals surface area contributed by atoms with Crippen LogP contribution in [0, 0.1) is 0 Å². The molecule has 8 nitrogen and oxygen atoms in total. The third-order valence-corrected chi connectivity index (χ3v) is 6.39. The van der Waals surface area contributed by atoms with E-state index in [2.05, 4.69) is 10.6 Å². The summed E-state index contributed by atoms with van der Waals surface area (Å²) in [5, 5.41) is 25.8. The Labute approximate surface area is 161 Å². The first-order valence-corrected chi connectivity index (χ1v) is 10.2. The second kappa shape index (κ2) is 8.71. The number of carbonyl (C=O) groups excluding carboxylic acids is 2. The predicted molar refractivity (Wildman–Crippen MR) is 102 cm³/mol. The number of phenols is 2. The van der Waals surface area contributed by atoms with E-state index in [1.54, 1.807) is 6.07 Å². The molecule has 2 fully saturated rings. The molecule has 0 aromatic heterocycles. The first kappa shape index (κ1) is 19.6. The Hall–Kier alpha value is -2.13. The van der Waals surface area contributed by atoms with Gasteiger partial charge in [-0.1, -0.05) is 12.5 Å². The maximum atomic E-state index is 12.1. The number of nitrogens with one attached hydrogen (secondary N) is 2. The van der Waals surface area contributed by atoms with E-state index in [1.807, 2.05) is 11.8 Å². The number of fused-ring (bicyclic) bond motifs is 1. The van der Waals surface area contributed by atoms with Gasteiger partial charge in [-0.2, -0.15) is 11.8 Å². The van der Waals surface area contributed by atoms with Crippen molar-refractivity contribution in [3.05, 3.63) is 17.7 Å². The summed E-state index contributed by atoms with van der Waals surface area (Å²) in [7, 11) is 0. The van der Waals surface area contributed by atoms with Gasteiger partial charge in [-0.15, -0.1) is 0 Å². The quantitative estimate of drug-likeness (QED) is 0.147. The van der Waals surface area contributed by atoms with Crippen molar-refractivity contribution in [2.75, 3.05) is 12.3 Å². The maximum absolute atomic E-state index is 12.1. The fraction of sp³-hybridized carbons (Fsp3) is 0.556. The Kier molecular flexibility index (Phi) is 6.33. The van der Waals surface area contributed by atoms with E-state index in [-0.39, 0.29) is 36.0 Å². The molecule has 1 aromatic carbocycles. The Morgan fingerprint density at radius 3 is 2.89 bits per heavy atom. The molecular formula is C18H25N3O5S. The molecule has 0 spiro atoms. The summed E-state index contributed by atoms with van der Waals surface area (Å²) in [5.41, 5.74) is 6.12. The molecule has 1 aromatic rings. The van der Waals surface area contributed by atoms with E-state index in [9.17, 15) is 19.8 Å². The minimum absolute atomic E-state index is 0.0145.